The maximum Gasteiger partial charge on any atom is 0.276 e. The van der Waals surface area contributed by atoms with Gasteiger partial charge in [0, 0.05) is 23.5 Å². The number of nitrogens with zero attached hydrogens (tertiary/aromatic N) is 2. The number of fused-ring (bicyclic) bond motifs is 1. The summed E-state index contributed by atoms with van der Waals surface area (Å²) in [6.07, 6.45) is 1.66. The number of hydrogen-bond donors (Lipinski definition) is 1. The average Bonchev–Trinajstić information content (AvgIpc) is 2.46. The number of rotatable bonds is 1. The van der Waals surface area contributed by atoms with Crippen molar-refractivity contribution in [2.45, 2.75) is 26.7 Å². The molecule has 0 aliphatic rings. The van der Waals surface area contributed by atoms with E-state index < -0.39 is 0 Å². The van der Waals surface area contributed by atoms with Gasteiger partial charge in [0.05, 0.1) is 0 Å². The maximum absolute atomic E-state index is 11.9. The van der Waals surface area contributed by atoms with E-state index in [4.69, 9.17) is 0 Å². The van der Waals surface area contributed by atoms with Gasteiger partial charge in [0.2, 0.25) is 0 Å². The van der Waals surface area contributed by atoms with Crippen molar-refractivity contribution in [1.82, 2.24) is 14.6 Å². The smallest absolute Gasteiger partial charge is 0.276 e. The maximum atomic E-state index is 11.9. The molecule has 0 atom stereocenters. The Kier molecular flexibility index (Phi) is 1.91. The van der Waals surface area contributed by atoms with Crippen LogP contribution in [0.2, 0.25) is 0 Å². The lowest BCUT2D eigenvalue weighted by atomic mass is 10.1. The SMILES string of the molecule is Cc1cc2ncc(C(C)C)c(=O)n2[nH]1. The van der Waals surface area contributed by atoms with Crippen LogP contribution in [-0.4, -0.2) is 14.6 Å². The lowest BCUT2D eigenvalue weighted by Gasteiger charge is -2.02. The summed E-state index contributed by atoms with van der Waals surface area (Å²) in [6.45, 7) is 5.88. The van der Waals surface area contributed by atoms with Gasteiger partial charge in [0.25, 0.3) is 5.56 Å². The van der Waals surface area contributed by atoms with Crippen LogP contribution in [0.5, 0.6) is 0 Å². The van der Waals surface area contributed by atoms with Gasteiger partial charge in [-0.1, -0.05) is 13.8 Å². The minimum Gasteiger partial charge on any atom is -0.294 e. The molecule has 4 nitrogen and oxygen atoms in total. The Hall–Kier alpha value is -1.58. The van der Waals surface area contributed by atoms with E-state index in [9.17, 15) is 4.79 Å². The molecule has 0 unspecified atom stereocenters. The summed E-state index contributed by atoms with van der Waals surface area (Å²) in [7, 11) is 0. The number of H-pyrrole nitrogens is 1. The molecule has 14 heavy (non-hydrogen) atoms. The van der Waals surface area contributed by atoms with Gasteiger partial charge in [-0.05, 0) is 12.8 Å². The fourth-order valence-corrected chi connectivity index (χ4v) is 1.49. The second kappa shape index (κ2) is 2.97. The highest BCUT2D eigenvalue weighted by Crippen LogP contribution is 2.08. The third kappa shape index (κ3) is 1.23. The van der Waals surface area contributed by atoms with E-state index in [1.54, 1.807) is 6.20 Å². The molecule has 0 fully saturated rings. The predicted octanol–water partition coefficient (Wildman–Crippen LogP) is 1.45. The molecule has 0 radical (unpaired) electrons. The molecule has 0 aliphatic heterocycles. The van der Waals surface area contributed by atoms with Crippen molar-refractivity contribution in [3.63, 3.8) is 0 Å². The van der Waals surface area contributed by atoms with Crippen LogP contribution in [-0.2, 0) is 0 Å². The zero-order valence-corrected chi connectivity index (χ0v) is 8.53. The molecular formula is C10H13N3O. The van der Waals surface area contributed by atoms with Crippen LogP contribution < -0.4 is 5.56 Å². The summed E-state index contributed by atoms with van der Waals surface area (Å²) >= 11 is 0. The van der Waals surface area contributed by atoms with Crippen molar-refractivity contribution in [2.24, 2.45) is 0 Å². The Bertz CT molecular complexity index is 522. The third-order valence-corrected chi connectivity index (χ3v) is 2.27. The fraction of sp³-hybridized carbons (Fsp3) is 0.400. The first kappa shape index (κ1) is 8.99. The van der Waals surface area contributed by atoms with E-state index in [2.05, 4.69) is 10.1 Å². The Balaban J connectivity index is 2.81. The van der Waals surface area contributed by atoms with Gasteiger partial charge in [0.1, 0.15) is 0 Å². The second-order valence-electron chi connectivity index (χ2n) is 3.81. The second-order valence-corrected chi connectivity index (χ2v) is 3.81. The van der Waals surface area contributed by atoms with Crippen molar-refractivity contribution in [1.29, 1.82) is 0 Å². The first-order chi connectivity index (χ1) is 6.59. The molecule has 4 heteroatoms. The number of nitrogens with one attached hydrogen (secondary N) is 1. The largest absolute Gasteiger partial charge is 0.294 e. The van der Waals surface area contributed by atoms with Crippen LogP contribution >= 0.6 is 0 Å². The van der Waals surface area contributed by atoms with E-state index in [-0.39, 0.29) is 11.5 Å². The molecule has 2 rings (SSSR count). The van der Waals surface area contributed by atoms with E-state index >= 15 is 0 Å². The minimum absolute atomic E-state index is 0.00176. The van der Waals surface area contributed by atoms with Gasteiger partial charge in [-0.3, -0.25) is 9.89 Å². The van der Waals surface area contributed by atoms with Crippen molar-refractivity contribution in [2.75, 3.05) is 0 Å². The van der Waals surface area contributed by atoms with E-state index in [1.807, 2.05) is 26.8 Å². The highest BCUT2D eigenvalue weighted by atomic mass is 16.1. The number of aromatic nitrogens is 3. The highest BCUT2D eigenvalue weighted by molar-refractivity contribution is 5.39. The summed E-state index contributed by atoms with van der Waals surface area (Å²) < 4.78 is 1.49. The van der Waals surface area contributed by atoms with Crippen LogP contribution in [0.4, 0.5) is 0 Å². The van der Waals surface area contributed by atoms with Crippen molar-refractivity contribution in [3.05, 3.63) is 33.9 Å². The average molecular weight is 191 g/mol. The molecule has 1 N–H and O–H groups in total. The fourth-order valence-electron chi connectivity index (χ4n) is 1.49. The zero-order valence-electron chi connectivity index (χ0n) is 8.53. The summed E-state index contributed by atoms with van der Waals surface area (Å²) in [5.74, 6) is 0.204. The van der Waals surface area contributed by atoms with Crippen LogP contribution in [0.3, 0.4) is 0 Å². The third-order valence-electron chi connectivity index (χ3n) is 2.27. The number of aryl methyl sites for hydroxylation is 1. The summed E-state index contributed by atoms with van der Waals surface area (Å²) in [5, 5.41) is 2.96. The molecule has 0 spiro atoms. The van der Waals surface area contributed by atoms with E-state index in [0.29, 0.717) is 5.65 Å². The number of hydrogen-bond acceptors (Lipinski definition) is 2. The molecule has 0 aliphatic carbocycles. The standard InChI is InChI=1S/C10H13N3O/c1-6(2)8-5-11-9-4-7(3)12-13(9)10(8)14/h4-6,12H,1-3H3. The molecular weight excluding hydrogens is 178 g/mol. The molecule has 0 saturated carbocycles. The molecule has 0 aromatic carbocycles. The van der Waals surface area contributed by atoms with Gasteiger partial charge < -0.3 is 0 Å². The summed E-state index contributed by atoms with van der Waals surface area (Å²) in [4.78, 5) is 16.1. The van der Waals surface area contributed by atoms with Gasteiger partial charge in [0.15, 0.2) is 5.65 Å². The number of aromatic amines is 1. The zero-order chi connectivity index (χ0) is 10.3. The van der Waals surface area contributed by atoms with E-state index in [1.165, 1.54) is 4.52 Å². The molecule has 74 valence electrons. The first-order valence-corrected chi connectivity index (χ1v) is 4.67. The highest BCUT2D eigenvalue weighted by Gasteiger charge is 2.09. The molecule has 0 saturated heterocycles. The predicted molar refractivity (Wildman–Crippen MR) is 54.6 cm³/mol. The molecule has 0 bridgehead atoms. The quantitative estimate of drug-likeness (QED) is 0.741. The molecule has 2 aromatic heterocycles. The van der Waals surface area contributed by atoms with Gasteiger partial charge in [-0.15, -0.1) is 0 Å². The first-order valence-electron chi connectivity index (χ1n) is 4.67. The van der Waals surface area contributed by atoms with Crippen molar-refractivity contribution >= 4 is 5.65 Å². The van der Waals surface area contributed by atoms with Crippen LogP contribution in [0.1, 0.15) is 31.0 Å². The van der Waals surface area contributed by atoms with Crippen molar-refractivity contribution in [3.8, 4) is 0 Å². The normalized spacial score (nSPS) is 11.4. The monoisotopic (exact) mass is 191 g/mol. The van der Waals surface area contributed by atoms with Gasteiger partial charge >= 0.3 is 0 Å². The Labute approximate surface area is 81.6 Å². The summed E-state index contributed by atoms with van der Waals surface area (Å²) in [5.41, 5.74) is 2.36. The van der Waals surface area contributed by atoms with Crippen LogP contribution in [0.15, 0.2) is 17.1 Å². The van der Waals surface area contributed by atoms with E-state index in [0.717, 1.165) is 11.3 Å². The Morgan fingerprint density at radius 3 is 2.86 bits per heavy atom. The topological polar surface area (TPSA) is 50.2 Å². The van der Waals surface area contributed by atoms with Crippen LogP contribution in [0.25, 0.3) is 5.65 Å². The van der Waals surface area contributed by atoms with Crippen molar-refractivity contribution < 1.29 is 0 Å². The lowest BCUT2D eigenvalue weighted by Crippen LogP contribution is -2.20. The minimum atomic E-state index is -0.00176. The molecule has 0 amide bonds. The lowest BCUT2D eigenvalue weighted by molar-refractivity contribution is 0.789. The molecule has 2 heterocycles. The Morgan fingerprint density at radius 2 is 2.21 bits per heavy atom. The Morgan fingerprint density at radius 1 is 1.50 bits per heavy atom. The summed E-state index contributed by atoms with van der Waals surface area (Å²) in [6, 6.07) is 1.85. The van der Waals surface area contributed by atoms with Gasteiger partial charge in [-0.2, -0.15) is 0 Å². The molecule has 2 aromatic rings. The van der Waals surface area contributed by atoms with Gasteiger partial charge in [-0.25, -0.2) is 9.50 Å². The van der Waals surface area contributed by atoms with Crippen LogP contribution in [0, 0.1) is 6.92 Å².